The van der Waals surface area contributed by atoms with Crippen LogP contribution < -0.4 is 0 Å². The fraction of sp³-hybridized carbons (Fsp3) is 0.286. The first-order chi connectivity index (χ1) is 15.5. The van der Waals surface area contributed by atoms with Crippen molar-refractivity contribution in [3.8, 4) is 11.5 Å². The van der Waals surface area contributed by atoms with Gasteiger partial charge in [0.2, 0.25) is 0 Å². The first-order valence-corrected chi connectivity index (χ1v) is 11.6. The van der Waals surface area contributed by atoms with Gasteiger partial charge in [-0.3, -0.25) is 4.98 Å². The van der Waals surface area contributed by atoms with Crippen molar-refractivity contribution in [2.45, 2.75) is 29.1 Å². The number of thioether (sulfide) groups is 2. The fourth-order valence-electron chi connectivity index (χ4n) is 3.32. The Morgan fingerprint density at radius 3 is 2.39 bits per heavy atom. The van der Waals surface area contributed by atoms with Gasteiger partial charge in [0.15, 0.2) is 11.5 Å². The van der Waals surface area contributed by atoms with Crippen LogP contribution in [0.15, 0.2) is 46.5 Å². The molecule has 1 aromatic carbocycles. The number of benzene rings is 1. The average molecular weight is 503 g/mol. The van der Waals surface area contributed by atoms with E-state index in [4.69, 9.17) is 0 Å². The van der Waals surface area contributed by atoms with E-state index in [1.165, 1.54) is 18.0 Å². The molecular weight excluding hydrogens is 486 g/mol. The largest absolute Gasteiger partial charge is 0.417 e. The van der Waals surface area contributed by atoms with E-state index in [-0.39, 0.29) is 11.2 Å². The van der Waals surface area contributed by atoms with E-state index in [9.17, 15) is 26.3 Å². The molecule has 0 radical (unpaired) electrons. The number of alkyl halides is 6. The Labute approximate surface area is 192 Å². The number of nitrogens with zero attached hydrogens (tertiary/aromatic N) is 4. The van der Waals surface area contributed by atoms with Crippen LogP contribution in [0.5, 0.6) is 0 Å². The van der Waals surface area contributed by atoms with Crippen molar-refractivity contribution in [3.63, 3.8) is 0 Å². The van der Waals surface area contributed by atoms with Crippen LogP contribution in [-0.4, -0.2) is 37.2 Å². The lowest BCUT2D eigenvalue weighted by atomic mass is 10.1. The van der Waals surface area contributed by atoms with Gasteiger partial charge in [-0.1, -0.05) is 13.0 Å². The molecule has 174 valence electrons. The smallest absolute Gasteiger partial charge is 0.310 e. The molecule has 0 unspecified atom stereocenters. The minimum absolute atomic E-state index is 0.0931. The molecule has 0 fully saturated rings. The fourth-order valence-corrected chi connectivity index (χ4v) is 4.94. The van der Waals surface area contributed by atoms with Crippen LogP contribution in [0.3, 0.4) is 0 Å². The number of hydrogen-bond donors (Lipinski definition) is 0. The number of aromatic nitrogens is 4. The van der Waals surface area contributed by atoms with Gasteiger partial charge in [0.05, 0.1) is 11.3 Å². The van der Waals surface area contributed by atoms with Gasteiger partial charge in [0, 0.05) is 34.6 Å². The second kappa shape index (κ2) is 8.71. The lowest BCUT2D eigenvalue weighted by molar-refractivity contribution is -0.137. The maximum Gasteiger partial charge on any atom is 0.417 e. The molecule has 4 aromatic rings. The molecule has 0 spiro atoms. The first kappa shape index (κ1) is 23.7. The van der Waals surface area contributed by atoms with Crippen LogP contribution in [0.2, 0.25) is 0 Å². The van der Waals surface area contributed by atoms with E-state index >= 15 is 0 Å². The number of pyridine rings is 2. The van der Waals surface area contributed by atoms with Gasteiger partial charge in [-0.15, -0.1) is 23.5 Å². The summed E-state index contributed by atoms with van der Waals surface area (Å²) < 4.78 is 78.5. The molecule has 12 heteroatoms. The highest BCUT2D eigenvalue weighted by atomic mass is 32.2. The van der Waals surface area contributed by atoms with Crippen molar-refractivity contribution in [2.75, 3.05) is 11.5 Å². The van der Waals surface area contributed by atoms with Crippen LogP contribution in [0.25, 0.3) is 33.5 Å². The topological polar surface area (TPSA) is 43.6 Å². The Bertz CT molecular complexity index is 1330. The Balaban J connectivity index is 1.82. The summed E-state index contributed by atoms with van der Waals surface area (Å²) >= 11 is 2.17. The molecule has 4 nitrogen and oxygen atoms in total. The van der Waals surface area contributed by atoms with E-state index in [0.29, 0.717) is 39.3 Å². The lowest BCUT2D eigenvalue weighted by Crippen LogP contribution is -2.10. The zero-order valence-electron chi connectivity index (χ0n) is 17.3. The second-order valence-corrected chi connectivity index (χ2v) is 9.40. The van der Waals surface area contributed by atoms with Crippen molar-refractivity contribution in [1.82, 2.24) is 19.5 Å². The monoisotopic (exact) mass is 502 g/mol. The molecule has 0 aliphatic rings. The third-order valence-electron chi connectivity index (χ3n) is 4.75. The standard InChI is InChI=1S/C21H16F6N4S2/c1-3-32-17-14-5-4-13(33-10-20(22,23)24)6-11(14)8-28-16(17)19-30-15-7-12(21(25,26)27)9-29-18(15)31(19)2/h4-9H,3,10H2,1-2H3. The molecule has 0 N–H and O–H groups in total. The van der Waals surface area contributed by atoms with Gasteiger partial charge in [0.25, 0.3) is 0 Å². The van der Waals surface area contributed by atoms with Gasteiger partial charge in [-0.2, -0.15) is 26.3 Å². The normalized spacial score (nSPS) is 12.7. The predicted molar refractivity (Wildman–Crippen MR) is 117 cm³/mol. The van der Waals surface area contributed by atoms with E-state index < -0.39 is 23.7 Å². The molecule has 4 rings (SSSR count). The first-order valence-electron chi connectivity index (χ1n) is 9.63. The third kappa shape index (κ3) is 4.91. The number of fused-ring (bicyclic) bond motifs is 2. The number of aryl methyl sites for hydroxylation is 1. The minimum atomic E-state index is -4.54. The van der Waals surface area contributed by atoms with Crippen LogP contribution in [0.1, 0.15) is 12.5 Å². The van der Waals surface area contributed by atoms with E-state index in [0.717, 1.165) is 22.5 Å². The molecule has 0 saturated heterocycles. The van der Waals surface area contributed by atoms with Gasteiger partial charge < -0.3 is 4.57 Å². The van der Waals surface area contributed by atoms with Crippen LogP contribution in [-0.2, 0) is 13.2 Å². The molecule has 3 heterocycles. The van der Waals surface area contributed by atoms with Crippen molar-refractivity contribution in [3.05, 3.63) is 42.2 Å². The van der Waals surface area contributed by atoms with Crippen molar-refractivity contribution < 1.29 is 26.3 Å². The predicted octanol–water partition coefficient (Wildman–Crippen LogP) is 6.97. The maximum absolute atomic E-state index is 13.1. The highest BCUT2D eigenvalue weighted by Gasteiger charge is 2.32. The quantitative estimate of drug-likeness (QED) is 0.218. The number of hydrogen-bond acceptors (Lipinski definition) is 5. The van der Waals surface area contributed by atoms with Crippen molar-refractivity contribution in [1.29, 1.82) is 0 Å². The molecule has 0 aliphatic carbocycles. The van der Waals surface area contributed by atoms with Crippen LogP contribution >= 0.6 is 23.5 Å². The SMILES string of the molecule is CCSc1c(-c2nc3cc(C(F)(F)F)cnc3n2C)ncc2cc(SCC(F)(F)F)ccc12. The summed E-state index contributed by atoms with van der Waals surface area (Å²) in [6, 6.07) is 5.95. The van der Waals surface area contributed by atoms with Crippen LogP contribution in [0.4, 0.5) is 26.3 Å². The summed E-state index contributed by atoms with van der Waals surface area (Å²) in [7, 11) is 1.65. The van der Waals surface area contributed by atoms with E-state index in [2.05, 4.69) is 15.0 Å². The molecule has 0 atom stereocenters. The lowest BCUT2D eigenvalue weighted by Gasteiger charge is -2.12. The summed E-state index contributed by atoms with van der Waals surface area (Å²) in [6.07, 6.45) is -6.50. The number of imidazole rings is 1. The Kier molecular flexibility index (Phi) is 6.25. The molecule has 0 saturated carbocycles. The second-order valence-electron chi connectivity index (χ2n) is 7.08. The van der Waals surface area contributed by atoms with E-state index in [1.54, 1.807) is 29.8 Å². The zero-order chi connectivity index (χ0) is 24.0. The Morgan fingerprint density at radius 2 is 1.73 bits per heavy atom. The van der Waals surface area contributed by atoms with Gasteiger partial charge in [0.1, 0.15) is 11.2 Å². The molecule has 0 bridgehead atoms. The molecular formula is C21H16F6N4S2. The summed E-state index contributed by atoms with van der Waals surface area (Å²) in [4.78, 5) is 14.0. The summed E-state index contributed by atoms with van der Waals surface area (Å²) in [5.41, 5.74) is -0.0425. The molecule has 0 amide bonds. The molecule has 3 aromatic heterocycles. The van der Waals surface area contributed by atoms with E-state index in [1.807, 2.05) is 6.92 Å². The van der Waals surface area contributed by atoms with Gasteiger partial charge in [-0.05, 0) is 29.3 Å². The summed E-state index contributed by atoms with van der Waals surface area (Å²) in [6.45, 7) is 1.94. The average Bonchev–Trinajstić information content (AvgIpc) is 3.07. The zero-order valence-corrected chi connectivity index (χ0v) is 18.9. The van der Waals surface area contributed by atoms with Crippen molar-refractivity contribution in [2.24, 2.45) is 7.05 Å². The Morgan fingerprint density at radius 1 is 0.970 bits per heavy atom. The van der Waals surface area contributed by atoms with Crippen LogP contribution in [0, 0.1) is 0 Å². The highest BCUT2D eigenvalue weighted by molar-refractivity contribution is 7.99. The van der Waals surface area contributed by atoms with Gasteiger partial charge >= 0.3 is 12.4 Å². The third-order valence-corrected chi connectivity index (χ3v) is 6.80. The maximum atomic E-state index is 13.1. The summed E-state index contributed by atoms with van der Waals surface area (Å²) in [5.74, 6) is 0.0387. The molecule has 0 aliphatic heterocycles. The highest BCUT2D eigenvalue weighted by Crippen LogP contribution is 2.38. The number of halogens is 6. The minimum Gasteiger partial charge on any atom is -0.310 e. The summed E-state index contributed by atoms with van der Waals surface area (Å²) in [5, 5.41) is 1.44. The van der Waals surface area contributed by atoms with Crippen molar-refractivity contribution >= 4 is 45.5 Å². The number of rotatable bonds is 5. The van der Waals surface area contributed by atoms with Gasteiger partial charge in [-0.25, -0.2) is 9.97 Å². The molecule has 33 heavy (non-hydrogen) atoms. The Hall–Kier alpha value is -2.47.